The smallest absolute Gasteiger partial charge is 0.226 e. The monoisotopic (exact) mass is 342 g/mol. The van der Waals surface area contributed by atoms with Crippen LogP contribution in [0.15, 0.2) is 30.3 Å². The van der Waals surface area contributed by atoms with Gasteiger partial charge >= 0.3 is 0 Å². The van der Waals surface area contributed by atoms with Crippen LogP contribution in [0.3, 0.4) is 0 Å². The molecule has 23 heavy (non-hydrogen) atoms. The number of anilines is 2. The number of hydrogen-bond donors (Lipinski definition) is 2. The Balaban J connectivity index is 1.87. The molecule has 2 N–H and O–H groups in total. The van der Waals surface area contributed by atoms with Gasteiger partial charge in [-0.3, -0.25) is 4.79 Å². The van der Waals surface area contributed by atoms with E-state index < -0.39 is 17.5 Å². The van der Waals surface area contributed by atoms with E-state index in [1.54, 1.807) is 18.2 Å². The van der Waals surface area contributed by atoms with Crippen molar-refractivity contribution in [2.75, 3.05) is 17.2 Å². The van der Waals surface area contributed by atoms with Gasteiger partial charge in [-0.05, 0) is 36.8 Å². The molecule has 0 heterocycles. The van der Waals surface area contributed by atoms with E-state index in [1.165, 1.54) is 0 Å². The molecular formula is C16H14ClF3N2O. The van der Waals surface area contributed by atoms with E-state index in [4.69, 9.17) is 11.6 Å². The first kappa shape index (κ1) is 17.1. The van der Waals surface area contributed by atoms with E-state index in [2.05, 4.69) is 10.6 Å². The molecule has 7 heteroatoms. The number of hydrogen-bond acceptors (Lipinski definition) is 2. The van der Waals surface area contributed by atoms with Gasteiger partial charge in [0.15, 0.2) is 17.5 Å². The molecule has 0 saturated heterocycles. The van der Waals surface area contributed by atoms with Crippen molar-refractivity contribution in [3.63, 3.8) is 0 Å². The fourth-order valence-corrected chi connectivity index (χ4v) is 2.05. The van der Waals surface area contributed by atoms with E-state index in [-0.39, 0.29) is 24.6 Å². The summed E-state index contributed by atoms with van der Waals surface area (Å²) in [7, 11) is 0. The van der Waals surface area contributed by atoms with Crippen molar-refractivity contribution < 1.29 is 18.0 Å². The molecule has 3 nitrogen and oxygen atoms in total. The first-order valence-electron chi connectivity index (χ1n) is 6.82. The molecule has 1 amide bonds. The van der Waals surface area contributed by atoms with Crippen LogP contribution in [0.1, 0.15) is 12.0 Å². The Labute approximate surface area is 136 Å². The molecule has 2 rings (SSSR count). The summed E-state index contributed by atoms with van der Waals surface area (Å²) in [6.45, 7) is 1.90. The van der Waals surface area contributed by atoms with E-state index in [9.17, 15) is 18.0 Å². The molecule has 0 fully saturated rings. The predicted octanol–water partition coefficient (Wildman–Crippen LogP) is 4.51. The van der Waals surface area contributed by atoms with Crippen molar-refractivity contribution in [3.05, 3.63) is 58.4 Å². The molecular weight excluding hydrogens is 329 g/mol. The Morgan fingerprint density at radius 2 is 1.87 bits per heavy atom. The zero-order valence-corrected chi connectivity index (χ0v) is 13.0. The Morgan fingerprint density at radius 1 is 1.13 bits per heavy atom. The van der Waals surface area contributed by atoms with Gasteiger partial charge in [-0.1, -0.05) is 17.7 Å². The average molecular weight is 343 g/mol. The van der Waals surface area contributed by atoms with E-state index in [0.29, 0.717) is 10.7 Å². The van der Waals surface area contributed by atoms with Crippen molar-refractivity contribution in [1.82, 2.24) is 0 Å². The summed E-state index contributed by atoms with van der Waals surface area (Å²) in [6, 6.07) is 6.99. The standard InChI is InChI=1S/C16H14ClF3N2O/c1-9-2-3-10(8-11(9)17)22-14(23)6-7-21-13-5-4-12(18)15(19)16(13)20/h2-5,8,21H,6-7H2,1H3,(H,22,23). The Kier molecular flexibility index (Phi) is 5.50. The highest BCUT2D eigenvalue weighted by Crippen LogP contribution is 2.21. The first-order chi connectivity index (χ1) is 10.9. The Bertz CT molecular complexity index is 738. The van der Waals surface area contributed by atoms with Gasteiger partial charge in [0.2, 0.25) is 5.91 Å². The molecule has 0 aliphatic heterocycles. The zero-order valence-electron chi connectivity index (χ0n) is 12.2. The minimum absolute atomic E-state index is 0.0178. The molecule has 2 aromatic carbocycles. The minimum Gasteiger partial charge on any atom is -0.382 e. The van der Waals surface area contributed by atoms with Crippen LogP contribution in [0.4, 0.5) is 24.5 Å². The highest BCUT2D eigenvalue weighted by Gasteiger charge is 2.13. The average Bonchev–Trinajstić information content (AvgIpc) is 2.51. The van der Waals surface area contributed by atoms with E-state index in [1.807, 2.05) is 6.92 Å². The van der Waals surface area contributed by atoms with Gasteiger partial charge in [-0.25, -0.2) is 13.2 Å². The summed E-state index contributed by atoms with van der Waals surface area (Å²) in [5.74, 6) is -4.44. The second kappa shape index (κ2) is 7.37. The molecule has 2 aromatic rings. The van der Waals surface area contributed by atoms with Crippen molar-refractivity contribution in [1.29, 1.82) is 0 Å². The lowest BCUT2D eigenvalue weighted by Crippen LogP contribution is -2.16. The van der Waals surface area contributed by atoms with Gasteiger partial charge in [-0.15, -0.1) is 0 Å². The summed E-state index contributed by atoms with van der Waals surface area (Å²) < 4.78 is 39.3. The molecule has 0 aliphatic rings. The fraction of sp³-hybridized carbons (Fsp3) is 0.188. The first-order valence-corrected chi connectivity index (χ1v) is 7.19. The number of carbonyl (C=O) groups is 1. The lowest BCUT2D eigenvalue weighted by Gasteiger charge is -2.09. The van der Waals surface area contributed by atoms with E-state index in [0.717, 1.165) is 17.7 Å². The van der Waals surface area contributed by atoms with Crippen LogP contribution in [0, 0.1) is 24.4 Å². The Hall–Kier alpha value is -2.21. The summed E-state index contributed by atoms with van der Waals surface area (Å²) >= 11 is 5.96. The maximum Gasteiger partial charge on any atom is 0.226 e. The number of amides is 1. The largest absolute Gasteiger partial charge is 0.382 e. The lowest BCUT2D eigenvalue weighted by molar-refractivity contribution is -0.115. The molecule has 0 aromatic heterocycles. The van der Waals surface area contributed by atoms with Gasteiger partial charge in [0.05, 0.1) is 5.69 Å². The summed E-state index contributed by atoms with van der Waals surface area (Å²) in [4.78, 5) is 11.8. The minimum atomic E-state index is -1.55. The van der Waals surface area contributed by atoms with Gasteiger partial charge in [0.1, 0.15) is 0 Å². The third kappa shape index (κ3) is 4.39. The maximum absolute atomic E-state index is 13.4. The highest BCUT2D eigenvalue weighted by atomic mass is 35.5. The number of aryl methyl sites for hydroxylation is 1. The van der Waals surface area contributed by atoms with Crippen LogP contribution in [0.5, 0.6) is 0 Å². The number of carbonyl (C=O) groups excluding carboxylic acids is 1. The highest BCUT2D eigenvalue weighted by molar-refractivity contribution is 6.31. The number of benzene rings is 2. The third-order valence-corrected chi connectivity index (χ3v) is 3.57. The SMILES string of the molecule is Cc1ccc(NC(=O)CCNc2ccc(F)c(F)c2F)cc1Cl. The predicted molar refractivity (Wildman–Crippen MR) is 84.2 cm³/mol. The van der Waals surface area contributed by atoms with Crippen molar-refractivity contribution in [3.8, 4) is 0 Å². The fourth-order valence-electron chi connectivity index (χ4n) is 1.87. The normalized spacial score (nSPS) is 10.5. The van der Waals surface area contributed by atoms with Crippen LogP contribution < -0.4 is 10.6 Å². The number of halogens is 4. The van der Waals surface area contributed by atoms with Gasteiger partial charge in [0, 0.05) is 23.7 Å². The molecule has 122 valence electrons. The lowest BCUT2D eigenvalue weighted by atomic mass is 10.2. The van der Waals surface area contributed by atoms with Crippen molar-refractivity contribution in [2.24, 2.45) is 0 Å². The molecule has 0 aliphatic carbocycles. The molecule has 0 unspecified atom stereocenters. The van der Waals surface area contributed by atoms with Crippen LogP contribution >= 0.6 is 11.6 Å². The van der Waals surface area contributed by atoms with E-state index >= 15 is 0 Å². The van der Waals surface area contributed by atoms with Crippen LogP contribution in [0.25, 0.3) is 0 Å². The molecule has 0 saturated carbocycles. The molecule has 0 atom stereocenters. The van der Waals surface area contributed by atoms with Crippen LogP contribution in [-0.2, 0) is 4.79 Å². The van der Waals surface area contributed by atoms with Gasteiger partial charge in [0.25, 0.3) is 0 Å². The second-order valence-electron chi connectivity index (χ2n) is 4.91. The van der Waals surface area contributed by atoms with Gasteiger partial charge < -0.3 is 10.6 Å². The summed E-state index contributed by atoms with van der Waals surface area (Å²) in [5, 5.41) is 5.72. The molecule has 0 radical (unpaired) electrons. The van der Waals surface area contributed by atoms with Crippen LogP contribution in [0.2, 0.25) is 5.02 Å². The second-order valence-corrected chi connectivity index (χ2v) is 5.32. The zero-order chi connectivity index (χ0) is 17.0. The maximum atomic E-state index is 13.4. The number of rotatable bonds is 5. The summed E-state index contributed by atoms with van der Waals surface area (Å²) in [6.07, 6.45) is 0.0178. The molecule has 0 bridgehead atoms. The quantitative estimate of drug-likeness (QED) is 0.785. The Morgan fingerprint density at radius 3 is 2.57 bits per heavy atom. The topological polar surface area (TPSA) is 41.1 Å². The van der Waals surface area contributed by atoms with Crippen molar-refractivity contribution in [2.45, 2.75) is 13.3 Å². The van der Waals surface area contributed by atoms with Crippen molar-refractivity contribution >= 4 is 28.9 Å². The molecule has 0 spiro atoms. The van der Waals surface area contributed by atoms with Gasteiger partial charge in [-0.2, -0.15) is 0 Å². The van der Waals surface area contributed by atoms with Crippen LogP contribution in [-0.4, -0.2) is 12.5 Å². The summed E-state index contributed by atoms with van der Waals surface area (Å²) in [5.41, 5.74) is 1.24. The number of nitrogens with one attached hydrogen (secondary N) is 2. The third-order valence-electron chi connectivity index (χ3n) is 3.16.